The van der Waals surface area contributed by atoms with Crippen LogP contribution in [0.3, 0.4) is 0 Å². The normalized spacial score (nSPS) is 15.6. The van der Waals surface area contributed by atoms with Gasteiger partial charge in [-0.05, 0) is 20.4 Å². The Bertz CT molecular complexity index is 117. The molecular formula is C9H20N2O. The molecule has 0 aliphatic rings. The van der Waals surface area contributed by atoms with Crippen LogP contribution in [0, 0.1) is 0 Å². The van der Waals surface area contributed by atoms with Crippen molar-refractivity contribution >= 4 is 6.29 Å². The lowest BCUT2D eigenvalue weighted by molar-refractivity contribution is -0.109. The molecular weight excluding hydrogens is 152 g/mol. The van der Waals surface area contributed by atoms with E-state index < -0.39 is 0 Å². The highest BCUT2D eigenvalue weighted by atomic mass is 16.1. The van der Waals surface area contributed by atoms with E-state index in [2.05, 4.69) is 17.6 Å². The first kappa shape index (κ1) is 11.6. The Morgan fingerprint density at radius 1 is 1.50 bits per heavy atom. The number of carbonyl (C=O) groups is 1. The van der Waals surface area contributed by atoms with E-state index in [1.54, 1.807) is 0 Å². The van der Waals surface area contributed by atoms with Crippen molar-refractivity contribution < 1.29 is 4.79 Å². The fourth-order valence-electron chi connectivity index (χ4n) is 1.07. The first-order chi connectivity index (χ1) is 5.74. The van der Waals surface area contributed by atoms with Crippen LogP contribution in [0.2, 0.25) is 0 Å². The lowest BCUT2D eigenvalue weighted by atomic mass is 10.1. The summed E-state index contributed by atoms with van der Waals surface area (Å²) in [4.78, 5) is 10.3. The van der Waals surface area contributed by atoms with Crippen LogP contribution >= 0.6 is 0 Å². The molecule has 0 saturated heterocycles. The lowest BCUT2D eigenvalue weighted by Crippen LogP contribution is -2.40. The molecule has 0 aliphatic heterocycles. The molecule has 0 heterocycles. The van der Waals surface area contributed by atoms with Gasteiger partial charge in [0, 0.05) is 12.6 Å². The molecule has 0 aromatic carbocycles. The SMILES string of the molecule is CCCC(CNC(C)C=O)NC. The fraction of sp³-hybridized carbons (Fsp3) is 0.889. The summed E-state index contributed by atoms with van der Waals surface area (Å²) in [5, 5.41) is 6.34. The maximum atomic E-state index is 10.3. The van der Waals surface area contributed by atoms with Crippen molar-refractivity contribution in [2.24, 2.45) is 0 Å². The summed E-state index contributed by atoms with van der Waals surface area (Å²) in [6, 6.07) is 0.454. The molecule has 0 saturated carbocycles. The van der Waals surface area contributed by atoms with Crippen LogP contribution in [-0.2, 0) is 4.79 Å². The molecule has 0 radical (unpaired) electrons. The summed E-state index contributed by atoms with van der Waals surface area (Å²) in [5.41, 5.74) is 0. The van der Waals surface area contributed by atoms with E-state index in [1.807, 2.05) is 14.0 Å². The Labute approximate surface area is 74.9 Å². The minimum absolute atomic E-state index is 0.0299. The summed E-state index contributed by atoms with van der Waals surface area (Å²) >= 11 is 0. The highest BCUT2D eigenvalue weighted by Crippen LogP contribution is 1.94. The minimum Gasteiger partial charge on any atom is -0.316 e. The summed E-state index contributed by atoms with van der Waals surface area (Å²) in [7, 11) is 1.95. The molecule has 0 aromatic heterocycles. The predicted molar refractivity (Wildman–Crippen MR) is 51.3 cm³/mol. The fourth-order valence-corrected chi connectivity index (χ4v) is 1.07. The predicted octanol–water partition coefficient (Wildman–Crippen LogP) is 0.551. The Kier molecular flexibility index (Phi) is 7.00. The van der Waals surface area contributed by atoms with Crippen LogP contribution < -0.4 is 10.6 Å². The molecule has 0 bridgehead atoms. The molecule has 0 amide bonds. The van der Waals surface area contributed by atoms with E-state index in [0.29, 0.717) is 6.04 Å². The number of hydrogen-bond acceptors (Lipinski definition) is 3. The van der Waals surface area contributed by atoms with Crippen molar-refractivity contribution in [1.82, 2.24) is 10.6 Å². The first-order valence-corrected chi connectivity index (χ1v) is 4.60. The number of carbonyl (C=O) groups excluding carboxylic acids is 1. The first-order valence-electron chi connectivity index (χ1n) is 4.60. The smallest absolute Gasteiger partial charge is 0.136 e. The zero-order valence-corrected chi connectivity index (χ0v) is 8.26. The maximum Gasteiger partial charge on any atom is 0.136 e. The monoisotopic (exact) mass is 172 g/mol. The summed E-state index contributed by atoms with van der Waals surface area (Å²) in [5.74, 6) is 0. The van der Waals surface area contributed by atoms with Crippen LogP contribution in [0.1, 0.15) is 26.7 Å². The molecule has 2 unspecified atom stereocenters. The molecule has 72 valence electrons. The van der Waals surface area contributed by atoms with Gasteiger partial charge in [-0.2, -0.15) is 0 Å². The topological polar surface area (TPSA) is 41.1 Å². The number of nitrogens with one attached hydrogen (secondary N) is 2. The second-order valence-electron chi connectivity index (χ2n) is 3.11. The van der Waals surface area contributed by atoms with E-state index >= 15 is 0 Å². The molecule has 2 N–H and O–H groups in total. The maximum absolute atomic E-state index is 10.3. The highest BCUT2D eigenvalue weighted by Gasteiger charge is 2.05. The average molecular weight is 172 g/mol. The Morgan fingerprint density at radius 2 is 2.17 bits per heavy atom. The quantitative estimate of drug-likeness (QED) is 0.551. The Hall–Kier alpha value is -0.410. The van der Waals surface area contributed by atoms with Gasteiger partial charge in [-0.1, -0.05) is 13.3 Å². The third-order valence-electron chi connectivity index (χ3n) is 1.94. The highest BCUT2D eigenvalue weighted by molar-refractivity contribution is 5.56. The Balaban J connectivity index is 3.49. The zero-order valence-electron chi connectivity index (χ0n) is 8.26. The summed E-state index contributed by atoms with van der Waals surface area (Å²) in [6.07, 6.45) is 3.25. The van der Waals surface area contributed by atoms with Crippen LogP contribution in [0.4, 0.5) is 0 Å². The molecule has 0 spiro atoms. The third-order valence-corrected chi connectivity index (χ3v) is 1.94. The van der Waals surface area contributed by atoms with Crippen molar-refractivity contribution in [2.75, 3.05) is 13.6 Å². The number of aldehydes is 1. The minimum atomic E-state index is -0.0299. The second kappa shape index (κ2) is 7.25. The van der Waals surface area contributed by atoms with Gasteiger partial charge in [0.25, 0.3) is 0 Å². The zero-order chi connectivity index (χ0) is 9.40. The van der Waals surface area contributed by atoms with E-state index in [4.69, 9.17) is 0 Å². The van der Waals surface area contributed by atoms with Gasteiger partial charge in [-0.15, -0.1) is 0 Å². The molecule has 12 heavy (non-hydrogen) atoms. The Morgan fingerprint density at radius 3 is 2.58 bits per heavy atom. The molecule has 0 rings (SSSR count). The van der Waals surface area contributed by atoms with E-state index in [1.165, 1.54) is 6.42 Å². The van der Waals surface area contributed by atoms with Crippen molar-refractivity contribution in [2.45, 2.75) is 38.8 Å². The van der Waals surface area contributed by atoms with Crippen LogP contribution in [0.15, 0.2) is 0 Å². The van der Waals surface area contributed by atoms with Crippen molar-refractivity contribution in [1.29, 1.82) is 0 Å². The molecule has 0 fully saturated rings. The van der Waals surface area contributed by atoms with Gasteiger partial charge in [0.15, 0.2) is 0 Å². The molecule has 3 nitrogen and oxygen atoms in total. The van der Waals surface area contributed by atoms with E-state index in [-0.39, 0.29) is 6.04 Å². The summed E-state index contributed by atoms with van der Waals surface area (Å²) < 4.78 is 0. The number of hydrogen-bond donors (Lipinski definition) is 2. The van der Waals surface area contributed by atoms with Gasteiger partial charge < -0.3 is 15.4 Å². The van der Waals surface area contributed by atoms with Gasteiger partial charge in [-0.25, -0.2) is 0 Å². The van der Waals surface area contributed by atoms with Gasteiger partial charge >= 0.3 is 0 Å². The number of likely N-dealkylation sites (N-methyl/N-ethyl adjacent to an activating group) is 1. The van der Waals surface area contributed by atoms with E-state index in [0.717, 1.165) is 19.3 Å². The largest absolute Gasteiger partial charge is 0.316 e. The lowest BCUT2D eigenvalue weighted by Gasteiger charge is -2.17. The van der Waals surface area contributed by atoms with E-state index in [9.17, 15) is 4.79 Å². The third kappa shape index (κ3) is 5.27. The van der Waals surface area contributed by atoms with Gasteiger partial charge in [0.05, 0.1) is 6.04 Å². The molecule has 0 aromatic rings. The van der Waals surface area contributed by atoms with Crippen LogP contribution in [-0.4, -0.2) is 32.0 Å². The molecule has 2 atom stereocenters. The molecule has 0 aliphatic carbocycles. The molecule has 3 heteroatoms. The van der Waals surface area contributed by atoms with Gasteiger partial charge in [0.1, 0.15) is 6.29 Å². The van der Waals surface area contributed by atoms with Crippen LogP contribution in [0.5, 0.6) is 0 Å². The summed E-state index contributed by atoms with van der Waals surface area (Å²) in [6.45, 7) is 4.89. The van der Waals surface area contributed by atoms with Crippen LogP contribution in [0.25, 0.3) is 0 Å². The standard InChI is InChI=1S/C9H20N2O/c1-4-5-9(10-3)6-11-8(2)7-12/h7-11H,4-6H2,1-3H3. The van der Waals surface area contributed by atoms with Crippen molar-refractivity contribution in [3.63, 3.8) is 0 Å². The van der Waals surface area contributed by atoms with Crippen molar-refractivity contribution in [3.8, 4) is 0 Å². The second-order valence-corrected chi connectivity index (χ2v) is 3.11. The average Bonchev–Trinajstić information content (AvgIpc) is 2.11. The van der Waals surface area contributed by atoms with Gasteiger partial charge in [-0.3, -0.25) is 0 Å². The van der Waals surface area contributed by atoms with Crippen molar-refractivity contribution in [3.05, 3.63) is 0 Å². The number of rotatable bonds is 7. The van der Waals surface area contributed by atoms with Gasteiger partial charge in [0.2, 0.25) is 0 Å².